The van der Waals surface area contributed by atoms with Gasteiger partial charge in [-0.2, -0.15) is 26.3 Å². The number of aliphatic hydroxyl groups excluding tert-OH is 1. The third kappa shape index (κ3) is 5.54. The Hall–Kier alpha value is -1.45. The number of halogens is 6. The Bertz CT molecular complexity index is 903. The van der Waals surface area contributed by atoms with E-state index >= 15 is 0 Å². The minimum absolute atomic E-state index is 0. The van der Waals surface area contributed by atoms with Crippen molar-refractivity contribution in [3.8, 4) is 11.6 Å². The summed E-state index contributed by atoms with van der Waals surface area (Å²) in [7, 11) is 0. The molecule has 3 rings (SSSR count). The summed E-state index contributed by atoms with van der Waals surface area (Å²) < 4.78 is 86.8. The Labute approximate surface area is 204 Å². The van der Waals surface area contributed by atoms with Gasteiger partial charge in [0, 0.05) is 5.69 Å². The van der Waals surface area contributed by atoms with Gasteiger partial charge in [-0.3, -0.25) is 4.98 Å². The molecule has 2 aromatic heterocycles. The van der Waals surface area contributed by atoms with E-state index in [1.807, 2.05) is 0 Å². The predicted octanol–water partition coefficient (Wildman–Crippen LogP) is 4.88. The maximum absolute atomic E-state index is 13.9. The van der Waals surface area contributed by atoms with Crippen LogP contribution in [0, 0.1) is 45.0 Å². The number of rotatable bonds is 1. The first-order chi connectivity index (χ1) is 14.0. The van der Waals surface area contributed by atoms with Gasteiger partial charge in [-0.1, -0.05) is 43.4 Å². The number of hydrogen-bond acceptors (Lipinski definition) is 6. The Kier molecular flexibility index (Phi) is 9.52. The fourth-order valence-corrected chi connectivity index (χ4v) is 3.38. The van der Waals surface area contributed by atoms with Gasteiger partial charge in [-0.05, 0) is 6.42 Å². The van der Waals surface area contributed by atoms with E-state index in [9.17, 15) is 31.4 Å². The molecule has 176 valence electrons. The maximum Gasteiger partial charge on any atom is 2.00 e. The third-order valence-electron chi connectivity index (χ3n) is 5.13. The number of hydrogen-bond donors (Lipinski definition) is 2. The van der Waals surface area contributed by atoms with Gasteiger partial charge in [0.05, 0.1) is 6.61 Å². The van der Waals surface area contributed by atoms with Crippen molar-refractivity contribution in [2.45, 2.75) is 56.3 Å². The zero-order valence-electron chi connectivity index (χ0n) is 17.1. The van der Waals surface area contributed by atoms with Gasteiger partial charge in [0.15, 0.2) is 5.41 Å². The largest absolute Gasteiger partial charge is 2.00 e. The molecule has 2 aromatic rings. The number of nitrogens with zero attached hydrogens (tertiary/aromatic N) is 3. The van der Waals surface area contributed by atoms with Gasteiger partial charge < -0.3 is 22.7 Å². The second kappa shape index (κ2) is 10.7. The summed E-state index contributed by atoms with van der Waals surface area (Å²) in [5.41, 5.74) is 0.612. The Morgan fingerprint density at radius 3 is 2.34 bits per heavy atom. The molecule has 0 radical (unpaired) electrons. The first kappa shape index (κ1) is 28.6. The summed E-state index contributed by atoms with van der Waals surface area (Å²) in [6.07, 6.45) is -7.07. The molecular formula is C19H22F6N4O2U. The first-order valence-electron chi connectivity index (χ1n) is 9.22. The SMILES string of the molecule is Nc1cc(C(F)(F)F)c2nc1-c1nnc(o1)C(CO)(C(F)(F)F)CCCCCC[CH-]2.[CH3-].[U+2]. The normalized spacial score (nSPS) is 19.7. The van der Waals surface area contributed by atoms with Gasteiger partial charge in [0.1, 0.15) is 5.69 Å². The number of pyridine rings is 1. The number of anilines is 1. The van der Waals surface area contributed by atoms with Crippen LogP contribution in [0.4, 0.5) is 32.0 Å². The molecule has 4 bridgehead atoms. The monoisotopic (exact) mass is 690 g/mol. The molecule has 0 saturated carbocycles. The van der Waals surface area contributed by atoms with Crippen molar-refractivity contribution in [1.82, 2.24) is 15.2 Å². The molecular weight excluding hydrogens is 668 g/mol. The van der Waals surface area contributed by atoms with Crippen LogP contribution in [0.15, 0.2) is 10.5 Å². The number of nitrogen functional groups attached to an aromatic ring is 1. The molecule has 0 aliphatic carbocycles. The Morgan fingerprint density at radius 2 is 1.75 bits per heavy atom. The number of nitrogens with two attached hydrogens (primary N) is 1. The van der Waals surface area contributed by atoms with E-state index in [0.29, 0.717) is 25.3 Å². The molecule has 32 heavy (non-hydrogen) atoms. The van der Waals surface area contributed by atoms with Crippen molar-refractivity contribution < 1.29 is 67.0 Å². The van der Waals surface area contributed by atoms with Crippen LogP contribution in [-0.4, -0.2) is 33.1 Å². The van der Waals surface area contributed by atoms with Crippen molar-refractivity contribution in [3.63, 3.8) is 0 Å². The second-order valence-electron chi connectivity index (χ2n) is 7.16. The smallest absolute Gasteiger partial charge is 0.418 e. The first-order valence-corrected chi connectivity index (χ1v) is 9.22. The van der Waals surface area contributed by atoms with Crippen molar-refractivity contribution in [2.75, 3.05) is 12.3 Å². The summed E-state index contributed by atoms with van der Waals surface area (Å²) in [6, 6.07) is 0.646. The van der Waals surface area contributed by atoms with Crippen molar-refractivity contribution in [2.24, 2.45) is 0 Å². The number of aliphatic hydroxyl groups is 1. The van der Waals surface area contributed by atoms with E-state index in [2.05, 4.69) is 15.2 Å². The number of aromatic nitrogens is 3. The van der Waals surface area contributed by atoms with Crippen LogP contribution in [0.25, 0.3) is 11.6 Å². The van der Waals surface area contributed by atoms with Gasteiger partial charge in [0.25, 0.3) is 5.89 Å². The van der Waals surface area contributed by atoms with Crippen LogP contribution in [-0.2, 0) is 11.6 Å². The van der Waals surface area contributed by atoms with Crippen molar-refractivity contribution >= 4 is 5.69 Å². The summed E-state index contributed by atoms with van der Waals surface area (Å²) in [6.45, 7) is -1.31. The summed E-state index contributed by atoms with van der Waals surface area (Å²) in [5, 5.41) is 16.6. The molecule has 1 aliphatic rings. The molecule has 13 heteroatoms. The fraction of sp³-hybridized carbons (Fsp3) is 0.526. The van der Waals surface area contributed by atoms with Gasteiger partial charge >= 0.3 is 43.5 Å². The van der Waals surface area contributed by atoms with Crippen LogP contribution in [0.5, 0.6) is 0 Å². The predicted molar refractivity (Wildman–Crippen MR) is 99.3 cm³/mol. The molecule has 3 N–H and O–H groups in total. The fourth-order valence-electron chi connectivity index (χ4n) is 3.38. The van der Waals surface area contributed by atoms with E-state index in [-0.39, 0.29) is 57.1 Å². The molecule has 1 unspecified atom stereocenters. The topological polar surface area (TPSA) is 98.1 Å². The van der Waals surface area contributed by atoms with E-state index in [1.54, 1.807) is 0 Å². The average molecular weight is 690 g/mol. The van der Waals surface area contributed by atoms with E-state index < -0.39 is 59.5 Å². The summed E-state index contributed by atoms with van der Waals surface area (Å²) in [4.78, 5) is 3.87. The van der Waals surface area contributed by atoms with E-state index in [4.69, 9.17) is 10.2 Å². The number of fused-ring (bicyclic) bond motifs is 5. The molecule has 0 aromatic carbocycles. The van der Waals surface area contributed by atoms with Crippen LogP contribution < -0.4 is 5.73 Å². The Balaban J connectivity index is 0.00000256. The van der Waals surface area contributed by atoms with Crippen LogP contribution >= 0.6 is 0 Å². The molecule has 0 fully saturated rings. The molecule has 1 aliphatic heterocycles. The van der Waals surface area contributed by atoms with E-state index in [0.717, 1.165) is 0 Å². The zero-order valence-corrected chi connectivity index (χ0v) is 21.3. The molecule has 0 amide bonds. The average Bonchev–Trinajstić information content (AvgIpc) is 3.12. The van der Waals surface area contributed by atoms with Gasteiger partial charge in [-0.15, -0.1) is 16.3 Å². The molecule has 0 spiro atoms. The standard InChI is InChI=1S/C18H19F6N4O2.CH3.U/c19-17(20,21)10-8-11(25)13-14-27-28-15(30-14)16(9-29,18(22,23)24)7-5-3-1-2-4-6-12(10)26-13;;/h6,8,29H,1-5,7,9,25H2;1H3;/q2*-1;+2. The van der Waals surface area contributed by atoms with Gasteiger partial charge in [-0.25, -0.2) is 6.42 Å². The Morgan fingerprint density at radius 1 is 1.09 bits per heavy atom. The minimum atomic E-state index is -4.89. The van der Waals surface area contributed by atoms with Crippen molar-refractivity contribution in [1.29, 1.82) is 0 Å². The van der Waals surface area contributed by atoms with Crippen LogP contribution in [0.2, 0.25) is 0 Å². The molecule has 0 saturated heterocycles. The zero-order chi connectivity index (χ0) is 22.2. The molecule has 3 heterocycles. The van der Waals surface area contributed by atoms with Crippen LogP contribution in [0.1, 0.15) is 55.7 Å². The van der Waals surface area contributed by atoms with Crippen molar-refractivity contribution in [3.05, 3.63) is 37.1 Å². The maximum atomic E-state index is 13.9. The summed E-state index contributed by atoms with van der Waals surface area (Å²) >= 11 is 0. The molecule has 1 atom stereocenters. The second-order valence-corrected chi connectivity index (χ2v) is 7.16. The summed E-state index contributed by atoms with van der Waals surface area (Å²) in [5.74, 6) is -1.43. The van der Waals surface area contributed by atoms with Gasteiger partial charge in [0.2, 0.25) is 5.89 Å². The number of alkyl halides is 6. The quantitative estimate of drug-likeness (QED) is 0.327. The third-order valence-corrected chi connectivity index (χ3v) is 5.13. The van der Waals surface area contributed by atoms with E-state index in [1.165, 1.54) is 6.42 Å². The minimum Gasteiger partial charge on any atom is -0.418 e. The van der Waals surface area contributed by atoms with Crippen LogP contribution in [0.3, 0.4) is 0 Å². The molecule has 6 nitrogen and oxygen atoms in total.